The van der Waals surface area contributed by atoms with E-state index in [-0.39, 0.29) is 5.24 Å². The van der Waals surface area contributed by atoms with Crippen molar-refractivity contribution < 1.29 is 4.79 Å². The van der Waals surface area contributed by atoms with Crippen LogP contribution in [0.2, 0.25) is 0 Å². The van der Waals surface area contributed by atoms with E-state index in [1.807, 2.05) is 0 Å². The summed E-state index contributed by atoms with van der Waals surface area (Å²) in [5.74, 6) is 0.652. The van der Waals surface area contributed by atoms with E-state index in [4.69, 9.17) is 11.6 Å². The molecule has 0 aromatic carbocycles. The van der Waals surface area contributed by atoms with Gasteiger partial charge >= 0.3 is 0 Å². The standard InChI is InChI=1S/C10H19ClO/c1-3-4-5-6-9(2)7-8-10(11)12/h9H,3-8H2,1-2H3/t9-/m1/s1. The zero-order chi connectivity index (χ0) is 9.40. The Labute approximate surface area is 80.5 Å². The van der Waals surface area contributed by atoms with Gasteiger partial charge in [0.15, 0.2) is 0 Å². The highest BCUT2D eigenvalue weighted by atomic mass is 35.5. The third-order valence-electron chi connectivity index (χ3n) is 2.13. The minimum absolute atomic E-state index is 0.197. The maximum atomic E-state index is 10.4. The number of carbonyl (C=O) groups excluding carboxylic acids is 1. The summed E-state index contributed by atoms with van der Waals surface area (Å²) in [6.07, 6.45) is 6.58. The van der Waals surface area contributed by atoms with Crippen LogP contribution < -0.4 is 0 Å². The quantitative estimate of drug-likeness (QED) is 0.442. The van der Waals surface area contributed by atoms with Crippen LogP contribution in [0.1, 0.15) is 52.4 Å². The van der Waals surface area contributed by atoms with E-state index in [9.17, 15) is 4.79 Å². The van der Waals surface area contributed by atoms with Crippen LogP contribution in [0.25, 0.3) is 0 Å². The van der Waals surface area contributed by atoms with Crippen LogP contribution in [0.4, 0.5) is 0 Å². The molecule has 12 heavy (non-hydrogen) atoms. The second-order valence-electron chi connectivity index (χ2n) is 3.49. The highest BCUT2D eigenvalue weighted by molar-refractivity contribution is 6.63. The smallest absolute Gasteiger partial charge is 0.221 e. The van der Waals surface area contributed by atoms with Gasteiger partial charge in [0.2, 0.25) is 5.24 Å². The van der Waals surface area contributed by atoms with Crippen molar-refractivity contribution in [2.24, 2.45) is 5.92 Å². The summed E-state index contributed by atoms with van der Waals surface area (Å²) in [6.45, 7) is 4.39. The maximum absolute atomic E-state index is 10.4. The first kappa shape index (κ1) is 12.0. The van der Waals surface area contributed by atoms with Crippen molar-refractivity contribution in [3.05, 3.63) is 0 Å². The summed E-state index contributed by atoms with van der Waals surface area (Å²) in [4.78, 5) is 10.4. The summed E-state index contributed by atoms with van der Waals surface area (Å²) < 4.78 is 0. The SMILES string of the molecule is CCCCC[C@@H](C)CCC(=O)Cl. The van der Waals surface area contributed by atoms with E-state index < -0.39 is 0 Å². The first-order valence-corrected chi connectivity index (χ1v) is 5.23. The fourth-order valence-electron chi connectivity index (χ4n) is 1.25. The minimum atomic E-state index is -0.197. The van der Waals surface area contributed by atoms with Gasteiger partial charge in [0.1, 0.15) is 0 Å². The molecular weight excluding hydrogens is 172 g/mol. The molecule has 2 heteroatoms. The van der Waals surface area contributed by atoms with Crippen LogP contribution in [-0.4, -0.2) is 5.24 Å². The Bertz CT molecular complexity index is 123. The summed E-state index contributed by atoms with van der Waals surface area (Å²) in [6, 6.07) is 0. The molecule has 0 saturated heterocycles. The molecule has 0 fully saturated rings. The lowest BCUT2D eigenvalue weighted by Crippen LogP contribution is -1.97. The van der Waals surface area contributed by atoms with Gasteiger partial charge in [-0.1, -0.05) is 39.5 Å². The van der Waals surface area contributed by atoms with Crippen molar-refractivity contribution >= 4 is 16.8 Å². The van der Waals surface area contributed by atoms with Gasteiger partial charge in [0, 0.05) is 6.42 Å². The monoisotopic (exact) mass is 190 g/mol. The molecule has 0 bridgehead atoms. The van der Waals surface area contributed by atoms with Crippen LogP contribution >= 0.6 is 11.6 Å². The molecule has 0 aliphatic heterocycles. The van der Waals surface area contributed by atoms with Crippen molar-refractivity contribution in [1.82, 2.24) is 0 Å². The van der Waals surface area contributed by atoms with Gasteiger partial charge in [-0.05, 0) is 23.9 Å². The highest BCUT2D eigenvalue weighted by Crippen LogP contribution is 2.15. The Balaban J connectivity index is 3.21. The van der Waals surface area contributed by atoms with Crippen molar-refractivity contribution in [1.29, 1.82) is 0 Å². The minimum Gasteiger partial charge on any atom is -0.281 e. The molecule has 0 amide bonds. The number of unbranched alkanes of at least 4 members (excludes halogenated alkanes) is 2. The van der Waals surface area contributed by atoms with E-state index >= 15 is 0 Å². The molecule has 1 nitrogen and oxygen atoms in total. The predicted octanol–water partition coefficient (Wildman–Crippen LogP) is 3.75. The second kappa shape index (κ2) is 7.60. The van der Waals surface area contributed by atoms with Crippen molar-refractivity contribution in [2.75, 3.05) is 0 Å². The molecule has 0 unspecified atom stereocenters. The van der Waals surface area contributed by atoms with Crippen molar-refractivity contribution in [3.8, 4) is 0 Å². The zero-order valence-corrected chi connectivity index (χ0v) is 8.86. The topological polar surface area (TPSA) is 17.1 Å². The lowest BCUT2D eigenvalue weighted by molar-refractivity contribution is -0.111. The lowest BCUT2D eigenvalue weighted by Gasteiger charge is -2.08. The first-order valence-electron chi connectivity index (χ1n) is 4.85. The molecule has 0 rings (SSSR count). The molecule has 0 radical (unpaired) electrons. The molecule has 1 atom stereocenters. The summed E-state index contributed by atoms with van der Waals surface area (Å²) in [5.41, 5.74) is 0. The van der Waals surface area contributed by atoms with Crippen molar-refractivity contribution in [2.45, 2.75) is 52.4 Å². The fourth-order valence-corrected chi connectivity index (χ4v) is 1.36. The van der Waals surface area contributed by atoms with Gasteiger partial charge in [0.25, 0.3) is 0 Å². The fraction of sp³-hybridized carbons (Fsp3) is 0.900. The predicted molar refractivity (Wildman–Crippen MR) is 53.4 cm³/mol. The van der Waals surface area contributed by atoms with E-state index in [0.717, 1.165) is 6.42 Å². The molecule has 0 aromatic rings. The second-order valence-corrected chi connectivity index (χ2v) is 3.92. The molecule has 0 aromatic heterocycles. The van der Waals surface area contributed by atoms with E-state index in [1.54, 1.807) is 0 Å². The molecule has 0 spiro atoms. The lowest BCUT2D eigenvalue weighted by atomic mass is 9.99. The van der Waals surface area contributed by atoms with Crippen LogP contribution in [0.5, 0.6) is 0 Å². The number of carbonyl (C=O) groups is 1. The third kappa shape index (κ3) is 8.06. The normalized spacial score (nSPS) is 12.9. The van der Waals surface area contributed by atoms with Crippen LogP contribution in [-0.2, 0) is 4.79 Å². The highest BCUT2D eigenvalue weighted by Gasteiger charge is 2.03. The van der Waals surface area contributed by atoms with E-state index in [0.29, 0.717) is 12.3 Å². The molecule has 0 N–H and O–H groups in total. The molecule has 0 aliphatic carbocycles. The Kier molecular flexibility index (Phi) is 7.58. The molecule has 0 saturated carbocycles. The van der Waals surface area contributed by atoms with Crippen LogP contribution in [0.3, 0.4) is 0 Å². The molecule has 0 aliphatic rings. The maximum Gasteiger partial charge on any atom is 0.221 e. The van der Waals surface area contributed by atoms with Gasteiger partial charge in [-0.3, -0.25) is 4.79 Å². The van der Waals surface area contributed by atoms with Crippen molar-refractivity contribution in [3.63, 3.8) is 0 Å². The Morgan fingerprint density at radius 2 is 2.00 bits per heavy atom. The molecule has 0 heterocycles. The van der Waals surface area contributed by atoms with Gasteiger partial charge < -0.3 is 0 Å². The van der Waals surface area contributed by atoms with Crippen LogP contribution in [0, 0.1) is 5.92 Å². The largest absolute Gasteiger partial charge is 0.281 e. The van der Waals surface area contributed by atoms with Crippen LogP contribution in [0.15, 0.2) is 0 Å². The van der Waals surface area contributed by atoms with Gasteiger partial charge in [-0.25, -0.2) is 0 Å². The first-order chi connectivity index (χ1) is 5.66. The van der Waals surface area contributed by atoms with Gasteiger partial charge in [0.05, 0.1) is 0 Å². The number of hydrogen-bond acceptors (Lipinski definition) is 1. The average Bonchev–Trinajstić information content (AvgIpc) is 2.01. The summed E-state index contributed by atoms with van der Waals surface area (Å²) >= 11 is 5.24. The average molecular weight is 191 g/mol. The summed E-state index contributed by atoms with van der Waals surface area (Å²) in [5, 5.41) is -0.197. The Morgan fingerprint density at radius 3 is 2.50 bits per heavy atom. The third-order valence-corrected chi connectivity index (χ3v) is 2.32. The van der Waals surface area contributed by atoms with E-state index in [2.05, 4.69) is 13.8 Å². The van der Waals surface area contributed by atoms with E-state index in [1.165, 1.54) is 25.7 Å². The molecular formula is C10H19ClO. The number of hydrogen-bond donors (Lipinski definition) is 0. The number of rotatable bonds is 7. The van der Waals surface area contributed by atoms with Gasteiger partial charge in [-0.15, -0.1) is 0 Å². The number of halogens is 1. The molecule has 72 valence electrons. The van der Waals surface area contributed by atoms with Gasteiger partial charge in [-0.2, -0.15) is 0 Å². The summed E-state index contributed by atoms with van der Waals surface area (Å²) in [7, 11) is 0. The Morgan fingerprint density at radius 1 is 1.33 bits per heavy atom. The zero-order valence-electron chi connectivity index (χ0n) is 8.11. The Hall–Kier alpha value is -0.0400.